The van der Waals surface area contributed by atoms with Crippen LogP contribution in [-0.2, 0) is 9.53 Å². The monoisotopic (exact) mass is 231 g/mol. The summed E-state index contributed by atoms with van der Waals surface area (Å²) >= 11 is 0. The smallest absolute Gasteiger partial charge is 0.335 e. The molecule has 0 bridgehead atoms. The highest BCUT2D eigenvalue weighted by Gasteiger charge is 2.29. The Hall–Kier alpha value is -0.610. The highest BCUT2D eigenvalue weighted by Crippen LogP contribution is 2.21. The largest absolute Gasteiger partial charge is 0.458 e. The fourth-order valence-electron chi connectivity index (χ4n) is 1.06. The number of aliphatic hydroxyl groups excluding tert-OH is 1. The van der Waals surface area contributed by atoms with Crippen molar-refractivity contribution in [2.75, 3.05) is 0 Å². The summed E-state index contributed by atoms with van der Waals surface area (Å²) in [6.45, 7) is 11.2. The number of carbonyl (C=O) groups excluding carboxylic acids is 1. The molecular formula is C12H25NO3. The van der Waals surface area contributed by atoms with Crippen LogP contribution in [0.4, 0.5) is 0 Å². The van der Waals surface area contributed by atoms with E-state index in [9.17, 15) is 9.90 Å². The van der Waals surface area contributed by atoms with Crippen molar-refractivity contribution in [2.24, 2.45) is 11.1 Å². The molecule has 0 unspecified atom stereocenters. The van der Waals surface area contributed by atoms with Crippen molar-refractivity contribution in [3.8, 4) is 0 Å². The van der Waals surface area contributed by atoms with Crippen LogP contribution in [0.5, 0.6) is 0 Å². The van der Waals surface area contributed by atoms with Gasteiger partial charge in [0.1, 0.15) is 5.60 Å². The molecule has 0 aliphatic heterocycles. The van der Waals surface area contributed by atoms with E-state index in [0.29, 0.717) is 0 Å². The average molecular weight is 231 g/mol. The number of esters is 1. The molecule has 3 N–H and O–H groups in total. The molecule has 0 spiro atoms. The summed E-state index contributed by atoms with van der Waals surface area (Å²) < 4.78 is 5.07. The van der Waals surface area contributed by atoms with E-state index in [1.54, 1.807) is 20.8 Å². The molecular weight excluding hydrogens is 206 g/mol. The van der Waals surface area contributed by atoms with E-state index in [-0.39, 0.29) is 17.9 Å². The molecule has 0 heterocycles. The van der Waals surface area contributed by atoms with Gasteiger partial charge in [-0.3, -0.25) is 0 Å². The van der Waals surface area contributed by atoms with Gasteiger partial charge in [-0.25, -0.2) is 4.79 Å². The van der Waals surface area contributed by atoms with Gasteiger partial charge >= 0.3 is 5.97 Å². The Balaban J connectivity index is 4.27. The molecule has 0 aromatic heterocycles. The van der Waals surface area contributed by atoms with E-state index in [1.807, 2.05) is 20.8 Å². The molecule has 0 aliphatic rings. The van der Waals surface area contributed by atoms with Gasteiger partial charge < -0.3 is 15.6 Å². The van der Waals surface area contributed by atoms with Gasteiger partial charge in [0, 0.05) is 6.04 Å². The van der Waals surface area contributed by atoms with E-state index in [0.717, 1.165) is 0 Å². The summed E-state index contributed by atoms with van der Waals surface area (Å²) in [6.07, 6.45) is -0.924. The van der Waals surface area contributed by atoms with Crippen molar-refractivity contribution in [1.29, 1.82) is 0 Å². The molecule has 96 valence electrons. The Labute approximate surface area is 98.2 Å². The first kappa shape index (κ1) is 15.4. The second-order valence-corrected chi connectivity index (χ2v) is 6.26. The first-order valence-corrected chi connectivity index (χ1v) is 5.60. The number of rotatable bonds is 3. The molecule has 0 aromatic carbocycles. The lowest BCUT2D eigenvalue weighted by Gasteiger charge is -2.29. The molecule has 0 fully saturated rings. The normalized spacial score (nSPS) is 16.8. The summed E-state index contributed by atoms with van der Waals surface area (Å²) in [5.74, 6) is -0.604. The zero-order valence-corrected chi connectivity index (χ0v) is 11.2. The lowest BCUT2D eigenvalue weighted by Crippen LogP contribution is -2.41. The first-order chi connectivity index (χ1) is 6.93. The Morgan fingerprint density at radius 3 is 2.00 bits per heavy atom. The molecule has 0 saturated carbocycles. The third-order valence-corrected chi connectivity index (χ3v) is 2.27. The molecule has 4 nitrogen and oxygen atoms in total. The van der Waals surface area contributed by atoms with Crippen LogP contribution in [0, 0.1) is 5.41 Å². The molecule has 4 heteroatoms. The Bertz CT molecular complexity index is 238. The summed E-state index contributed by atoms with van der Waals surface area (Å²) in [6, 6.07) is -0.241. The van der Waals surface area contributed by atoms with Crippen LogP contribution in [-0.4, -0.2) is 28.8 Å². The van der Waals surface area contributed by atoms with Crippen LogP contribution in [0.3, 0.4) is 0 Å². The zero-order valence-electron chi connectivity index (χ0n) is 11.2. The topological polar surface area (TPSA) is 72.5 Å². The third kappa shape index (κ3) is 6.08. The maximum absolute atomic E-state index is 11.5. The van der Waals surface area contributed by atoms with Crippen molar-refractivity contribution in [1.82, 2.24) is 0 Å². The number of ether oxygens (including phenoxy) is 1. The standard InChI is InChI=1S/C12H25NO3/c1-11(2,3)9(13)7-8(14)10(15)16-12(4,5)6/h8-9,14H,7,13H2,1-6H3/t8-,9-/m0/s1. The number of aliphatic hydroxyl groups is 1. The SMILES string of the molecule is CC(C)(C)OC(=O)[C@@H](O)C[C@H](N)C(C)(C)C. The molecule has 0 amide bonds. The van der Waals surface area contributed by atoms with Crippen molar-refractivity contribution in [2.45, 2.75) is 65.7 Å². The zero-order chi connectivity index (χ0) is 13.1. The minimum Gasteiger partial charge on any atom is -0.458 e. The number of hydrogen-bond donors (Lipinski definition) is 2. The van der Waals surface area contributed by atoms with Crippen LogP contribution < -0.4 is 5.73 Å². The summed E-state index contributed by atoms with van der Waals surface area (Å²) in [7, 11) is 0. The van der Waals surface area contributed by atoms with E-state index in [4.69, 9.17) is 10.5 Å². The summed E-state index contributed by atoms with van der Waals surface area (Å²) in [5.41, 5.74) is 5.17. The van der Waals surface area contributed by atoms with E-state index in [1.165, 1.54) is 0 Å². The predicted molar refractivity (Wildman–Crippen MR) is 63.9 cm³/mol. The second-order valence-electron chi connectivity index (χ2n) is 6.26. The fourth-order valence-corrected chi connectivity index (χ4v) is 1.06. The molecule has 0 radical (unpaired) electrons. The Morgan fingerprint density at radius 2 is 1.69 bits per heavy atom. The highest BCUT2D eigenvalue weighted by molar-refractivity contribution is 5.74. The molecule has 16 heavy (non-hydrogen) atoms. The number of hydrogen-bond acceptors (Lipinski definition) is 4. The minimum atomic E-state index is -1.14. The lowest BCUT2D eigenvalue weighted by atomic mass is 9.84. The van der Waals surface area contributed by atoms with E-state index in [2.05, 4.69) is 0 Å². The minimum absolute atomic E-state index is 0.136. The van der Waals surface area contributed by atoms with Gasteiger partial charge in [0.25, 0.3) is 0 Å². The lowest BCUT2D eigenvalue weighted by molar-refractivity contribution is -0.165. The molecule has 0 saturated heterocycles. The fraction of sp³-hybridized carbons (Fsp3) is 0.917. The predicted octanol–water partition coefficient (Wildman–Crippen LogP) is 1.45. The van der Waals surface area contributed by atoms with Crippen molar-refractivity contribution in [3.05, 3.63) is 0 Å². The average Bonchev–Trinajstić information content (AvgIpc) is 1.98. The summed E-state index contributed by atoms with van der Waals surface area (Å²) in [5, 5.41) is 9.66. The second kappa shape index (κ2) is 5.15. The number of carbonyl (C=O) groups is 1. The van der Waals surface area contributed by atoms with Crippen molar-refractivity contribution < 1.29 is 14.6 Å². The van der Waals surface area contributed by atoms with Gasteiger partial charge in [0.2, 0.25) is 0 Å². The quantitative estimate of drug-likeness (QED) is 0.721. The van der Waals surface area contributed by atoms with Crippen molar-refractivity contribution in [3.63, 3.8) is 0 Å². The Morgan fingerprint density at radius 1 is 1.25 bits per heavy atom. The first-order valence-electron chi connectivity index (χ1n) is 5.60. The molecule has 2 atom stereocenters. The summed E-state index contributed by atoms with van der Waals surface area (Å²) in [4.78, 5) is 11.5. The number of nitrogens with two attached hydrogens (primary N) is 1. The van der Waals surface area contributed by atoms with Crippen molar-refractivity contribution >= 4 is 5.97 Å². The van der Waals surface area contributed by atoms with Crippen LogP contribution in [0.1, 0.15) is 48.0 Å². The maximum Gasteiger partial charge on any atom is 0.335 e. The van der Waals surface area contributed by atoms with Gasteiger partial charge in [0.05, 0.1) is 0 Å². The van der Waals surface area contributed by atoms with Crippen LogP contribution in [0.25, 0.3) is 0 Å². The van der Waals surface area contributed by atoms with Crippen LogP contribution in [0.15, 0.2) is 0 Å². The molecule has 0 aromatic rings. The third-order valence-electron chi connectivity index (χ3n) is 2.27. The van der Waals surface area contributed by atoms with E-state index >= 15 is 0 Å². The van der Waals surface area contributed by atoms with Gasteiger partial charge in [-0.2, -0.15) is 0 Å². The van der Waals surface area contributed by atoms with Gasteiger partial charge in [-0.05, 0) is 32.6 Å². The highest BCUT2D eigenvalue weighted by atomic mass is 16.6. The van der Waals surface area contributed by atoms with Crippen LogP contribution >= 0.6 is 0 Å². The van der Waals surface area contributed by atoms with Crippen LogP contribution in [0.2, 0.25) is 0 Å². The molecule has 0 aliphatic carbocycles. The van der Waals surface area contributed by atoms with Gasteiger partial charge in [-0.15, -0.1) is 0 Å². The van der Waals surface area contributed by atoms with E-state index < -0.39 is 17.7 Å². The van der Waals surface area contributed by atoms with Gasteiger partial charge in [-0.1, -0.05) is 20.8 Å². The maximum atomic E-state index is 11.5. The molecule has 0 rings (SSSR count). The Kier molecular flexibility index (Phi) is 4.95. The van der Waals surface area contributed by atoms with Gasteiger partial charge in [0.15, 0.2) is 6.10 Å².